The Morgan fingerprint density at radius 3 is 2.62 bits per heavy atom. The molecule has 4 heteroatoms. The maximum Gasteiger partial charge on any atom is 0.313 e. The summed E-state index contributed by atoms with van der Waals surface area (Å²) >= 11 is 5.99. The highest BCUT2D eigenvalue weighted by molar-refractivity contribution is 6.30. The fraction of sp³-hybridized carbons (Fsp3) is 0.588. The van der Waals surface area contributed by atoms with Crippen LogP contribution in [-0.2, 0) is 9.53 Å². The smallest absolute Gasteiger partial charge is 0.313 e. The highest BCUT2D eigenvalue weighted by atomic mass is 35.5. The number of piperidine rings is 1. The summed E-state index contributed by atoms with van der Waals surface area (Å²) in [5.41, 5.74) is 0.920. The Labute approximate surface area is 131 Å². The molecule has 2 aliphatic heterocycles. The van der Waals surface area contributed by atoms with Crippen molar-refractivity contribution in [1.29, 1.82) is 0 Å². The predicted molar refractivity (Wildman–Crippen MR) is 83.6 cm³/mol. The molecule has 3 atom stereocenters. The molecule has 0 aromatic heterocycles. The van der Waals surface area contributed by atoms with E-state index in [2.05, 4.69) is 11.9 Å². The molecule has 3 unspecified atom stereocenters. The topological polar surface area (TPSA) is 29.5 Å². The number of carbonyl (C=O) groups is 1. The lowest BCUT2D eigenvalue weighted by atomic mass is 9.99. The van der Waals surface area contributed by atoms with Gasteiger partial charge in [0.2, 0.25) is 0 Å². The summed E-state index contributed by atoms with van der Waals surface area (Å²) in [6.45, 7) is 1.89. The predicted octanol–water partition coefficient (Wildman–Crippen LogP) is 3.61. The van der Waals surface area contributed by atoms with Crippen LogP contribution in [0.5, 0.6) is 0 Å². The SMILES string of the molecule is CC(C(=O)OC1CC2CCC(C1)N2C)c1cccc(Cl)c1. The number of fused-ring (bicyclic) bond motifs is 2. The van der Waals surface area contributed by atoms with Crippen LogP contribution in [0.2, 0.25) is 5.02 Å². The van der Waals surface area contributed by atoms with Crippen LogP contribution in [0.15, 0.2) is 24.3 Å². The Bertz CT molecular complexity index is 519. The minimum Gasteiger partial charge on any atom is -0.462 e. The first-order chi connectivity index (χ1) is 10.0. The number of rotatable bonds is 3. The normalized spacial score (nSPS) is 30.1. The molecule has 114 valence electrons. The molecular formula is C17H22ClNO2. The summed E-state index contributed by atoms with van der Waals surface area (Å²) in [5.74, 6) is -0.396. The van der Waals surface area contributed by atoms with Crippen molar-refractivity contribution in [2.45, 2.75) is 56.7 Å². The number of nitrogens with zero attached hydrogens (tertiary/aromatic N) is 1. The molecule has 2 saturated heterocycles. The Balaban J connectivity index is 1.62. The first kappa shape index (κ1) is 14.9. The van der Waals surface area contributed by atoms with Crippen LogP contribution in [0.3, 0.4) is 0 Å². The molecule has 2 bridgehead atoms. The van der Waals surface area contributed by atoms with Gasteiger partial charge in [0.25, 0.3) is 0 Å². The van der Waals surface area contributed by atoms with E-state index in [-0.39, 0.29) is 18.0 Å². The molecule has 0 aliphatic carbocycles. The first-order valence-corrected chi connectivity index (χ1v) is 8.10. The van der Waals surface area contributed by atoms with Gasteiger partial charge >= 0.3 is 5.97 Å². The molecule has 0 radical (unpaired) electrons. The maximum absolute atomic E-state index is 12.4. The molecule has 1 aromatic rings. The van der Waals surface area contributed by atoms with Crippen LogP contribution in [0, 0.1) is 0 Å². The van der Waals surface area contributed by atoms with E-state index < -0.39 is 0 Å². The molecular weight excluding hydrogens is 286 g/mol. The monoisotopic (exact) mass is 307 g/mol. The van der Waals surface area contributed by atoms with Crippen LogP contribution < -0.4 is 0 Å². The number of benzene rings is 1. The third-order valence-electron chi connectivity index (χ3n) is 5.04. The van der Waals surface area contributed by atoms with Gasteiger partial charge in [0, 0.05) is 17.1 Å². The molecule has 1 aromatic carbocycles. The van der Waals surface area contributed by atoms with Crippen molar-refractivity contribution >= 4 is 17.6 Å². The largest absolute Gasteiger partial charge is 0.462 e. The van der Waals surface area contributed by atoms with Gasteiger partial charge < -0.3 is 9.64 Å². The Hall–Kier alpha value is -1.06. The molecule has 0 amide bonds. The van der Waals surface area contributed by atoms with Gasteiger partial charge in [0.05, 0.1) is 5.92 Å². The van der Waals surface area contributed by atoms with Gasteiger partial charge in [-0.15, -0.1) is 0 Å². The highest BCUT2D eigenvalue weighted by Crippen LogP contribution is 2.36. The fourth-order valence-electron chi connectivity index (χ4n) is 3.64. The number of hydrogen-bond acceptors (Lipinski definition) is 3. The zero-order chi connectivity index (χ0) is 15.0. The first-order valence-electron chi connectivity index (χ1n) is 7.72. The van der Waals surface area contributed by atoms with Crippen LogP contribution in [0.25, 0.3) is 0 Å². The third-order valence-corrected chi connectivity index (χ3v) is 5.28. The number of halogens is 1. The third kappa shape index (κ3) is 3.09. The van der Waals surface area contributed by atoms with Crippen LogP contribution in [0.4, 0.5) is 0 Å². The van der Waals surface area contributed by atoms with E-state index in [4.69, 9.17) is 16.3 Å². The van der Waals surface area contributed by atoms with Gasteiger partial charge in [-0.25, -0.2) is 0 Å². The van der Waals surface area contributed by atoms with Crippen molar-refractivity contribution in [1.82, 2.24) is 4.90 Å². The van der Waals surface area contributed by atoms with E-state index in [1.54, 1.807) is 0 Å². The minimum atomic E-state index is -0.263. The molecule has 0 spiro atoms. The van der Waals surface area contributed by atoms with E-state index in [0.717, 1.165) is 18.4 Å². The second-order valence-corrected chi connectivity index (χ2v) is 6.79. The molecule has 2 heterocycles. The summed E-state index contributed by atoms with van der Waals surface area (Å²) in [6.07, 6.45) is 4.49. The second-order valence-electron chi connectivity index (χ2n) is 6.36. The van der Waals surface area contributed by atoms with Crippen molar-refractivity contribution in [2.75, 3.05) is 7.05 Å². The van der Waals surface area contributed by atoms with Gasteiger partial charge in [0.15, 0.2) is 0 Å². The van der Waals surface area contributed by atoms with E-state index in [1.165, 1.54) is 12.8 Å². The number of hydrogen-bond donors (Lipinski definition) is 0. The Morgan fingerprint density at radius 2 is 2.00 bits per heavy atom. The van der Waals surface area contributed by atoms with Crippen molar-refractivity contribution in [2.24, 2.45) is 0 Å². The lowest BCUT2D eigenvalue weighted by Gasteiger charge is -2.36. The Kier molecular flexibility index (Phi) is 4.23. The van der Waals surface area contributed by atoms with Gasteiger partial charge in [0.1, 0.15) is 6.10 Å². The van der Waals surface area contributed by atoms with Gasteiger partial charge in [-0.3, -0.25) is 4.79 Å². The average Bonchev–Trinajstić information content (AvgIpc) is 2.69. The van der Waals surface area contributed by atoms with Crippen molar-refractivity contribution in [3.63, 3.8) is 0 Å². The van der Waals surface area contributed by atoms with E-state index >= 15 is 0 Å². The lowest BCUT2D eigenvalue weighted by Crippen LogP contribution is -2.43. The van der Waals surface area contributed by atoms with Gasteiger partial charge in [-0.1, -0.05) is 23.7 Å². The standard InChI is InChI=1S/C17H22ClNO2/c1-11(12-4-3-5-13(18)8-12)17(20)21-16-9-14-6-7-15(10-16)19(14)2/h3-5,8,11,14-16H,6-7,9-10H2,1-2H3. The maximum atomic E-state index is 12.4. The molecule has 3 nitrogen and oxygen atoms in total. The Morgan fingerprint density at radius 1 is 1.33 bits per heavy atom. The number of carbonyl (C=O) groups excluding carboxylic acids is 1. The summed E-state index contributed by atoms with van der Waals surface area (Å²) < 4.78 is 5.77. The summed E-state index contributed by atoms with van der Waals surface area (Å²) in [5, 5.41) is 0.657. The van der Waals surface area contributed by atoms with Crippen LogP contribution in [-0.4, -0.2) is 36.1 Å². The van der Waals surface area contributed by atoms with Crippen molar-refractivity contribution in [3.05, 3.63) is 34.9 Å². The van der Waals surface area contributed by atoms with E-state index in [0.29, 0.717) is 17.1 Å². The van der Waals surface area contributed by atoms with Crippen molar-refractivity contribution < 1.29 is 9.53 Å². The van der Waals surface area contributed by atoms with Crippen molar-refractivity contribution in [3.8, 4) is 0 Å². The summed E-state index contributed by atoms with van der Waals surface area (Å²) in [6, 6.07) is 8.63. The molecule has 0 N–H and O–H groups in total. The fourth-order valence-corrected chi connectivity index (χ4v) is 3.83. The molecule has 2 aliphatic rings. The van der Waals surface area contributed by atoms with Gasteiger partial charge in [-0.2, -0.15) is 0 Å². The number of esters is 1. The van der Waals surface area contributed by atoms with E-state index in [9.17, 15) is 4.79 Å². The average molecular weight is 308 g/mol. The van der Waals surface area contributed by atoms with E-state index in [1.807, 2.05) is 31.2 Å². The number of ether oxygens (including phenoxy) is 1. The lowest BCUT2D eigenvalue weighted by molar-refractivity contribution is -0.153. The quantitative estimate of drug-likeness (QED) is 0.799. The zero-order valence-electron chi connectivity index (χ0n) is 12.6. The molecule has 2 fully saturated rings. The molecule has 0 saturated carbocycles. The summed E-state index contributed by atoms with van der Waals surface area (Å²) in [4.78, 5) is 14.8. The molecule has 21 heavy (non-hydrogen) atoms. The van der Waals surface area contributed by atoms with Gasteiger partial charge in [-0.05, 0) is 57.4 Å². The van der Waals surface area contributed by atoms with Crippen LogP contribution >= 0.6 is 11.6 Å². The molecule has 3 rings (SSSR count). The zero-order valence-corrected chi connectivity index (χ0v) is 13.3. The second kappa shape index (κ2) is 5.98. The highest BCUT2D eigenvalue weighted by Gasteiger charge is 2.40. The summed E-state index contributed by atoms with van der Waals surface area (Å²) in [7, 11) is 2.19. The van der Waals surface area contributed by atoms with Crippen LogP contribution in [0.1, 0.15) is 44.1 Å². The minimum absolute atomic E-state index is 0.0767.